The smallest absolute Gasteiger partial charge is 0.231 e. The Morgan fingerprint density at radius 3 is 2.89 bits per heavy atom. The van der Waals surface area contributed by atoms with E-state index in [0.29, 0.717) is 12.0 Å². The fraction of sp³-hybridized carbons (Fsp3) is 0.250. The molecule has 1 aliphatic carbocycles. The molecule has 3 aromatic heterocycles. The molecule has 3 N–H and O–H groups in total. The second-order valence-electron chi connectivity index (χ2n) is 6.88. The molecule has 4 aromatic rings. The lowest BCUT2D eigenvalue weighted by molar-refractivity contribution is 0.445. The predicted molar refractivity (Wildman–Crippen MR) is 105 cm³/mol. The molecule has 136 valence electrons. The maximum Gasteiger partial charge on any atom is 0.231 e. The van der Waals surface area contributed by atoms with Crippen LogP contribution in [0.4, 0.5) is 17.5 Å². The van der Waals surface area contributed by atoms with Crippen molar-refractivity contribution < 1.29 is 4.42 Å². The van der Waals surface area contributed by atoms with Crippen LogP contribution in [0.5, 0.6) is 0 Å². The van der Waals surface area contributed by atoms with Crippen molar-refractivity contribution in [2.75, 3.05) is 10.6 Å². The first kappa shape index (κ1) is 15.9. The van der Waals surface area contributed by atoms with Gasteiger partial charge in [-0.3, -0.25) is 0 Å². The highest BCUT2D eigenvalue weighted by atomic mass is 16.3. The van der Waals surface area contributed by atoms with Crippen LogP contribution in [-0.2, 0) is 0 Å². The number of anilines is 3. The van der Waals surface area contributed by atoms with Crippen molar-refractivity contribution >= 4 is 28.5 Å². The van der Waals surface area contributed by atoms with E-state index in [1.807, 2.05) is 43.5 Å². The number of fused-ring (bicyclic) bond motifs is 1. The molecule has 0 radical (unpaired) electrons. The number of aryl methyl sites for hydroxylation is 1. The number of aromatic amines is 1. The van der Waals surface area contributed by atoms with E-state index in [-0.39, 0.29) is 0 Å². The van der Waals surface area contributed by atoms with Gasteiger partial charge < -0.3 is 20.0 Å². The summed E-state index contributed by atoms with van der Waals surface area (Å²) >= 11 is 0. The number of nitrogens with one attached hydrogen (secondary N) is 3. The summed E-state index contributed by atoms with van der Waals surface area (Å²) in [4.78, 5) is 16.7. The average Bonchev–Trinajstić information content (AvgIpc) is 3.27. The number of benzene rings is 1. The molecule has 1 saturated carbocycles. The van der Waals surface area contributed by atoms with Gasteiger partial charge in [0.1, 0.15) is 11.5 Å². The minimum atomic E-state index is 0.503. The van der Waals surface area contributed by atoms with Crippen molar-refractivity contribution in [1.82, 2.24) is 19.9 Å². The third-order valence-corrected chi connectivity index (χ3v) is 4.99. The molecule has 0 saturated heterocycles. The van der Waals surface area contributed by atoms with E-state index < -0.39 is 0 Å². The van der Waals surface area contributed by atoms with E-state index in [1.54, 1.807) is 0 Å². The molecule has 3 heterocycles. The van der Waals surface area contributed by atoms with Crippen LogP contribution in [0.15, 0.2) is 47.3 Å². The van der Waals surface area contributed by atoms with Crippen molar-refractivity contribution in [3.8, 4) is 11.3 Å². The molecule has 0 amide bonds. The largest absolute Gasteiger partial charge is 0.443 e. The molecular weight excluding hydrogens is 340 g/mol. The zero-order valence-electron chi connectivity index (χ0n) is 15.0. The molecule has 27 heavy (non-hydrogen) atoms. The maximum absolute atomic E-state index is 5.50. The lowest BCUT2D eigenvalue weighted by atomic mass is 9.93. The van der Waals surface area contributed by atoms with Crippen molar-refractivity contribution in [1.29, 1.82) is 0 Å². The van der Waals surface area contributed by atoms with Crippen LogP contribution in [0.1, 0.15) is 25.0 Å². The number of aromatic nitrogens is 4. The Balaban J connectivity index is 1.47. The lowest BCUT2D eigenvalue weighted by Crippen LogP contribution is -2.27. The lowest BCUT2D eigenvalue weighted by Gasteiger charge is -2.27. The quantitative estimate of drug-likeness (QED) is 0.481. The highest BCUT2D eigenvalue weighted by Crippen LogP contribution is 2.29. The van der Waals surface area contributed by atoms with Crippen molar-refractivity contribution in [2.45, 2.75) is 32.2 Å². The fourth-order valence-electron chi connectivity index (χ4n) is 3.30. The first-order valence-electron chi connectivity index (χ1n) is 9.15. The van der Waals surface area contributed by atoms with E-state index in [1.165, 1.54) is 25.7 Å². The predicted octanol–water partition coefficient (Wildman–Crippen LogP) is 4.63. The Bertz CT molecular complexity index is 1090. The monoisotopic (exact) mass is 360 g/mol. The van der Waals surface area contributed by atoms with Gasteiger partial charge >= 0.3 is 0 Å². The molecule has 0 unspecified atom stereocenters. The molecule has 7 heteroatoms. The fourth-order valence-corrected chi connectivity index (χ4v) is 3.30. The van der Waals surface area contributed by atoms with E-state index in [2.05, 4.69) is 25.6 Å². The topological polar surface area (TPSA) is 91.7 Å². The van der Waals surface area contributed by atoms with Gasteiger partial charge in [0.05, 0.1) is 11.1 Å². The van der Waals surface area contributed by atoms with Crippen LogP contribution in [0, 0.1) is 6.92 Å². The summed E-state index contributed by atoms with van der Waals surface area (Å²) in [7, 11) is 0. The molecule has 0 atom stereocenters. The number of H-pyrrole nitrogens is 1. The first-order chi connectivity index (χ1) is 13.3. The highest BCUT2D eigenvalue weighted by Gasteiger charge is 2.19. The average molecular weight is 360 g/mol. The Kier molecular flexibility index (Phi) is 3.78. The van der Waals surface area contributed by atoms with Gasteiger partial charge in [-0.2, -0.15) is 9.97 Å². The van der Waals surface area contributed by atoms with Gasteiger partial charge in [0.25, 0.3) is 0 Å². The summed E-state index contributed by atoms with van der Waals surface area (Å²) in [6.45, 7) is 1.93. The molecule has 5 rings (SSSR count). The Morgan fingerprint density at radius 2 is 2.11 bits per heavy atom. The van der Waals surface area contributed by atoms with Gasteiger partial charge in [-0.15, -0.1) is 0 Å². The maximum atomic E-state index is 5.50. The summed E-state index contributed by atoms with van der Waals surface area (Å²) in [6, 6.07) is 10.5. The van der Waals surface area contributed by atoms with E-state index >= 15 is 0 Å². The Labute approximate surface area is 156 Å². The molecule has 7 nitrogen and oxygen atoms in total. The number of hydrogen-bond donors (Lipinski definition) is 3. The number of hydrogen-bond acceptors (Lipinski definition) is 6. The van der Waals surface area contributed by atoms with Crippen LogP contribution in [-0.4, -0.2) is 26.0 Å². The summed E-state index contributed by atoms with van der Waals surface area (Å²) in [5.74, 6) is 2.20. The zero-order chi connectivity index (χ0) is 18.2. The molecule has 0 bridgehead atoms. The standard InChI is InChI=1S/C20H20N6O/c1-12-17(27-11-22-12)13-4-2-7-15(10-13)24-20-25-18-16(8-9-21-18)19(26-20)23-14-5-3-6-14/h2,4,7-11,14H,3,5-6H2,1H3,(H3,21,23,24,25,26). The Hall–Kier alpha value is -3.35. The number of oxazole rings is 1. The second kappa shape index (κ2) is 6.42. The van der Waals surface area contributed by atoms with Gasteiger partial charge in [-0.1, -0.05) is 12.1 Å². The van der Waals surface area contributed by atoms with Crippen LogP contribution in [0.2, 0.25) is 0 Å². The van der Waals surface area contributed by atoms with E-state index in [9.17, 15) is 0 Å². The summed E-state index contributed by atoms with van der Waals surface area (Å²) in [5, 5.41) is 7.87. The van der Waals surface area contributed by atoms with Gasteiger partial charge in [-0.25, -0.2) is 4.98 Å². The van der Waals surface area contributed by atoms with Crippen molar-refractivity contribution in [3.63, 3.8) is 0 Å². The molecule has 1 aliphatic rings. The van der Waals surface area contributed by atoms with Crippen LogP contribution < -0.4 is 10.6 Å². The molecule has 0 aliphatic heterocycles. The van der Waals surface area contributed by atoms with Gasteiger partial charge in [0, 0.05) is 23.5 Å². The summed E-state index contributed by atoms with van der Waals surface area (Å²) < 4.78 is 5.50. The SMILES string of the molecule is Cc1ncoc1-c1cccc(Nc2nc(NC3CCC3)c3cc[nH]c3n2)c1. The zero-order valence-corrected chi connectivity index (χ0v) is 15.0. The van der Waals surface area contributed by atoms with Crippen molar-refractivity contribution in [2.24, 2.45) is 0 Å². The summed E-state index contributed by atoms with van der Waals surface area (Å²) in [6.07, 6.45) is 7.01. The second-order valence-corrected chi connectivity index (χ2v) is 6.88. The van der Waals surface area contributed by atoms with Gasteiger partial charge in [-0.05, 0) is 44.4 Å². The van der Waals surface area contributed by atoms with Gasteiger partial charge in [0.15, 0.2) is 12.2 Å². The molecule has 0 spiro atoms. The molecule has 1 fully saturated rings. The van der Waals surface area contributed by atoms with Crippen LogP contribution >= 0.6 is 0 Å². The number of nitrogens with zero attached hydrogens (tertiary/aromatic N) is 3. The van der Waals surface area contributed by atoms with Crippen LogP contribution in [0.3, 0.4) is 0 Å². The molecular formula is C20H20N6O. The summed E-state index contributed by atoms with van der Waals surface area (Å²) in [5.41, 5.74) is 3.53. The first-order valence-corrected chi connectivity index (χ1v) is 9.15. The van der Waals surface area contributed by atoms with Crippen LogP contribution in [0.25, 0.3) is 22.4 Å². The molecule has 1 aromatic carbocycles. The highest BCUT2D eigenvalue weighted by molar-refractivity contribution is 5.88. The minimum Gasteiger partial charge on any atom is -0.443 e. The minimum absolute atomic E-state index is 0.503. The third kappa shape index (κ3) is 3.01. The normalized spacial score (nSPS) is 14.3. The third-order valence-electron chi connectivity index (χ3n) is 4.99. The van der Waals surface area contributed by atoms with Crippen molar-refractivity contribution in [3.05, 3.63) is 48.6 Å². The van der Waals surface area contributed by atoms with Gasteiger partial charge in [0.2, 0.25) is 5.95 Å². The van der Waals surface area contributed by atoms with E-state index in [4.69, 9.17) is 9.40 Å². The van der Waals surface area contributed by atoms with E-state index in [0.717, 1.165) is 39.6 Å². The number of rotatable bonds is 5. The Morgan fingerprint density at radius 1 is 1.19 bits per heavy atom.